The molecule has 0 aliphatic heterocycles. The highest BCUT2D eigenvalue weighted by molar-refractivity contribution is 6.39. The number of hydrogen-bond acceptors (Lipinski definition) is 3. The van der Waals surface area contributed by atoms with Gasteiger partial charge in [0, 0.05) is 12.7 Å². The minimum atomic E-state index is -5.00. The SMILES string of the molecule is CC(O)(c1cc(Cl)c(NC(=O)NCc2ccc(C(F)(F)F)nc2)c(Cl)c1)C(F)(F)F. The molecule has 164 valence electrons. The van der Waals surface area contributed by atoms with Crippen LogP contribution in [0.1, 0.15) is 23.7 Å². The maximum atomic E-state index is 13.0. The van der Waals surface area contributed by atoms with Crippen molar-refractivity contribution in [1.29, 1.82) is 0 Å². The van der Waals surface area contributed by atoms with E-state index in [1.165, 1.54) is 0 Å². The zero-order chi connectivity index (χ0) is 22.9. The molecule has 2 rings (SSSR count). The quantitative estimate of drug-likeness (QED) is 0.511. The van der Waals surface area contributed by atoms with Gasteiger partial charge in [0.05, 0.1) is 15.7 Å². The number of hydrogen-bond donors (Lipinski definition) is 3. The molecule has 0 fully saturated rings. The zero-order valence-electron chi connectivity index (χ0n) is 14.9. The first kappa shape index (κ1) is 24.0. The van der Waals surface area contributed by atoms with Crippen molar-refractivity contribution >= 4 is 34.9 Å². The summed E-state index contributed by atoms with van der Waals surface area (Å²) in [6, 6.07) is 2.58. The lowest BCUT2D eigenvalue weighted by Gasteiger charge is -2.27. The van der Waals surface area contributed by atoms with Crippen LogP contribution in [0.15, 0.2) is 30.5 Å². The minimum Gasteiger partial charge on any atom is -0.376 e. The van der Waals surface area contributed by atoms with Gasteiger partial charge < -0.3 is 15.7 Å². The molecule has 0 saturated carbocycles. The Morgan fingerprint density at radius 2 is 1.67 bits per heavy atom. The van der Waals surface area contributed by atoms with Gasteiger partial charge in [-0.05, 0) is 36.2 Å². The number of anilines is 1. The highest BCUT2D eigenvalue weighted by atomic mass is 35.5. The molecular formula is C17H13Cl2F6N3O2. The summed E-state index contributed by atoms with van der Waals surface area (Å²) in [5.74, 6) is 0. The number of carbonyl (C=O) groups excluding carboxylic acids is 1. The highest BCUT2D eigenvalue weighted by Gasteiger charge is 2.51. The summed E-state index contributed by atoms with van der Waals surface area (Å²) in [5.41, 5.74) is -4.91. The number of carbonyl (C=O) groups is 1. The molecule has 0 radical (unpaired) electrons. The molecule has 1 aromatic carbocycles. The third kappa shape index (κ3) is 5.46. The van der Waals surface area contributed by atoms with Crippen LogP contribution in [0.25, 0.3) is 0 Å². The zero-order valence-corrected chi connectivity index (χ0v) is 16.4. The average Bonchev–Trinajstić information content (AvgIpc) is 2.61. The molecule has 2 amide bonds. The minimum absolute atomic E-state index is 0.201. The Bertz CT molecular complexity index is 908. The molecule has 1 unspecified atom stereocenters. The normalized spacial score (nSPS) is 14.2. The Balaban J connectivity index is 2.08. The predicted octanol–water partition coefficient (Wildman–Crippen LogP) is 5.50. The van der Waals surface area contributed by atoms with E-state index in [1.54, 1.807) is 0 Å². The number of pyridine rings is 1. The number of nitrogens with zero attached hydrogens (tertiary/aromatic N) is 1. The van der Waals surface area contributed by atoms with Crippen LogP contribution < -0.4 is 10.6 Å². The number of urea groups is 1. The van der Waals surface area contributed by atoms with Gasteiger partial charge in [-0.25, -0.2) is 4.79 Å². The lowest BCUT2D eigenvalue weighted by atomic mass is 9.95. The molecule has 0 saturated heterocycles. The fourth-order valence-electron chi connectivity index (χ4n) is 2.17. The van der Waals surface area contributed by atoms with Gasteiger partial charge in [-0.15, -0.1) is 0 Å². The lowest BCUT2D eigenvalue weighted by Crippen LogP contribution is -2.39. The third-order valence-electron chi connectivity index (χ3n) is 3.96. The van der Waals surface area contributed by atoms with Crippen LogP contribution in [0.5, 0.6) is 0 Å². The summed E-state index contributed by atoms with van der Waals surface area (Å²) in [4.78, 5) is 15.2. The summed E-state index contributed by atoms with van der Waals surface area (Å²) >= 11 is 11.8. The molecule has 0 aliphatic carbocycles. The third-order valence-corrected chi connectivity index (χ3v) is 4.56. The Kier molecular flexibility index (Phi) is 6.79. The van der Waals surface area contributed by atoms with Crippen LogP contribution in [0.4, 0.5) is 36.8 Å². The van der Waals surface area contributed by atoms with E-state index in [-0.39, 0.29) is 27.8 Å². The average molecular weight is 476 g/mol. The highest BCUT2D eigenvalue weighted by Crippen LogP contribution is 2.42. The molecule has 1 heterocycles. The van der Waals surface area contributed by atoms with E-state index in [0.717, 1.165) is 30.5 Å². The molecular weight excluding hydrogens is 463 g/mol. The number of amides is 2. The van der Waals surface area contributed by atoms with E-state index in [0.29, 0.717) is 6.92 Å². The summed E-state index contributed by atoms with van der Waals surface area (Å²) in [7, 11) is 0. The number of halogens is 8. The second-order valence-corrected chi connectivity index (χ2v) is 7.06. The van der Waals surface area contributed by atoms with Gasteiger partial charge >= 0.3 is 18.4 Å². The van der Waals surface area contributed by atoms with E-state index in [4.69, 9.17) is 23.2 Å². The van der Waals surface area contributed by atoms with E-state index in [2.05, 4.69) is 15.6 Å². The van der Waals surface area contributed by atoms with Gasteiger partial charge in [0.15, 0.2) is 5.60 Å². The first-order chi connectivity index (χ1) is 13.6. The summed E-state index contributed by atoms with van der Waals surface area (Å²) in [6.45, 7) is 0.319. The fraction of sp³-hybridized carbons (Fsp3) is 0.294. The molecule has 0 bridgehead atoms. The fourth-order valence-corrected chi connectivity index (χ4v) is 2.76. The maximum Gasteiger partial charge on any atom is 0.433 e. The van der Waals surface area contributed by atoms with E-state index < -0.39 is 35.2 Å². The molecule has 0 aliphatic rings. The largest absolute Gasteiger partial charge is 0.433 e. The number of rotatable bonds is 4. The first-order valence-electron chi connectivity index (χ1n) is 7.98. The van der Waals surface area contributed by atoms with Crippen LogP contribution >= 0.6 is 23.2 Å². The van der Waals surface area contributed by atoms with Crippen LogP contribution in [-0.4, -0.2) is 22.3 Å². The van der Waals surface area contributed by atoms with Crippen LogP contribution in [-0.2, 0) is 18.3 Å². The molecule has 30 heavy (non-hydrogen) atoms. The van der Waals surface area contributed by atoms with Crippen molar-refractivity contribution < 1.29 is 36.2 Å². The number of alkyl halides is 6. The number of aromatic nitrogens is 1. The molecule has 3 N–H and O–H groups in total. The van der Waals surface area contributed by atoms with Gasteiger partial charge in [0.1, 0.15) is 5.69 Å². The first-order valence-corrected chi connectivity index (χ1v) is 8.74. The monoisotopic (exact) mass is 475 g/mol. The second-order valence-electron chi connectivity index (χ2n) is 6.24. The van der Waals surface area contributed by atoms with Crippen molar-refractivity contribution in [2.45, 2.75) is 31.4 Å². The summed E-state index contributed by atoms with van der Waals surface area (Å²) < 4.78 is 76.3. The molecule has 1 atom stereocenters. The molecule has 0 spiro atoms. The maximum absolute atomic E-state index is 13.0. The van der Waals surface area contributed by atoms with Gasteiger partial charge in [0.25, 0.3) is 0 Å². The van der Waals surface area contributed by atoms with Crippen molar-refractivity contribution in [2.75, 3.05) is 5.32 Å². The van der Waals surface area contributed by atoms with Gasteiger partial charge in [-0.1, -0.05) is 29.3 Å². The van der Waals surface area contributed by atoms with E-state index >= 15 is 0 Å². The molecule has 13 heteroatoms. The van der Waals surface area contributed by atoms with E-state index in [9.17, 15) is 36.2 Å². The van der Waals surface area contributed by atoms with Gasteiger partial charge in [-0.2, -0.15) is 26.3 Å². The van der Waals surface area contributed by atoms with Crippen LogP contribution in [0, 0.1) is 0 Å². The van der Waals surface area contributed by atoms with Crippen molar-refractivity contribution in [1.82, 2.24) is 10.3 Å². The molecule has 2 aromatic rings. The van der Waals surface area contributed by atoms with E-state index in [1.807, 2.05) is 0 Å². The Hall–Kier alpha value is -2.24. The van der Waals surface area contributed by atoms with Crippen molar-refractivity contribution in [3.05, 3.63) is 57.3 Å². The Morgan fingerprint density at radius 3 is 2.10 bits per heavy atom. The lowest BCUT2D eigenvalue weighted by molar-refractivity contribution is -0.258. The number of nitrogens with one attached hydrogen (secondary N) is 2. The smallest absolute Gasteiger partial charge is 0.376 e. The molecule has 5 nitrogen and oxygen atoms in total. The van der Waals surface area contributed by atoms with Crippen molar-refractivity contribution in [2.24, 2.45) is 0 Å². The van der Waals surface area contributed by atoms with Crippen molar-refractivity contribution in [3.63, 3.8) is 0 Å². The number of benzene rings is 1. The van der Waals surface area contributed by atoms with Gasteiger partial charge in [-0.3, -0.25) is 4.98 Å². The predicted molar refractivity (Wildman–Crippen MR) is 97.2 cm³/mol. The Morgan fingerprint density at radius 1 is 1.10 bits per heavy atom. The van der Waals surface area contributed by atoms with Crippen LogP contribution in [0.3, 0.4) is 0 Å². The Labute approximate surface area is 176 Å². The summed E-state index contributed by atoms with van der Waals surface area (Å²) in [5, 5.41) is 13.5. The van der Waals surface area contributed by atoms with Crippen molar-refractivity contribution in [3.8, 4) is 0 Å². The standard InChI is InChI=1S/C17H13Cl2F6N3O2/c1-15(30,17(23,24)25)9-4-10(18)13(11(19)5-9)28-14(29)27-7-8-2-3-12(26-6-8)16(20,21)22/h2-6,30H,7H2,1H3,(H2,27,28,29). The number of aliphatic hydroxyl groups is 1. The van der Waals surface area contributed by atoms with Gasteiger partial charge in [0.2, 0.25) is 0 Å². The molecule has 1 aromatic heterocycles. The topological polar surface area (TPSA) is 74.2 Å². The second kappa shape index (κ2) is 8.48. The van der Waals surface area contributed by atoms with Crippen LogP contribution in [0.2, 0.25) is 10.0 Å². The summed E-state index contributed by atoms with van der Waals surface area (Å²) in [6.07, 6.45) is -8.67.